The van der Waals surface area contributed by atoms with Gasteiger partial charge in [0.05, 0.1) is 5.56 Å². The fraction of sp³-hybridized carbons (Fsp3) is 0.111. The van der Waals surface area contributed by atoms with E-state index in [4.69, 9.17) is 4.74 Å². The second-order valence-corrected chi connectivity index (χ2v) is 6.47. The number of carbonyl (C=O) groups excluding carboxylic acids is 2. The van der Waals surface area contributed by atoms with Crippen molar-refractivity contribution < 1.29 is 14.3 Å². The van der Waals surface area contributed by atoms with E-state index < -0.39 is 0 Å². The lowest BCUT2D eigenvalue weighted by molar-refractivity contribution is -0.116. The lowest BCUT2D eigenvalue weighted by atomic mass is 10.1. The highest BCUT2D eigenvalue weighted by Gasteiger charge is 2.21. The van der Waals surface area contributed by atoms with Crippen LogP contribution in [0.3, 0.4) is 0 Å². The first-order chi connectivity index (χ1) is 11.6. The van der Waals surface area contributed by atoms with Gasteiger partial charge in [0.2, 0.25) is 5.91 Å². The van der Waals surface area contributed by atoms with Gasteiger partial charge in [0.15, 0.2) is 0 Å². The second kappa shape index (κ2) is 5.79. The predicted octanol–water partition coefficient (Wildman–Crippen LogP) is 3.71. The van der Waals surface area contributed by atoms with Crippen LogP contribution in [0.15, 0.2) is 53.1 Å². The van der Waals surface area contributed by atoms with Crippen molar-refractivity contribution in [3.8, 4) is 0 Å². The molecule has 1 aliphatic heterocycles. The number of anilines is 1. The van der Waals surface area contributed by atoms with Crippen molar-refractivity contribution in [3.63, 3.8) is 0 Å². The van der Waals surface area contributed by atoms with Gasteiger partial charge in [0.25, 0.3) is 0 Å². The van der Waals surface area contributed by atoms with Gasteiger partial charge in [-0.2, -0.15) is 0 Å². The Morgan fingerprint density at radius 3 is 3.00 bits per heavy atom. The molecule has 1 N–H and O–H groups in total. The molecule has 5 nitrogen and oxygen atoms in total. The molecule has 3 aromatic rings. The maximum atomic E-state index is 12.3. The van der Waals surface area contributed by atoms with Crippen molar-refractivity contribution in [2.45, 2.75) is 13.2 Å². The quantitative estimate of drug-likeness (QED) is 0.700. The summed E-state index contributed by atoms with van der Waals surface area (Å²) in [6.45, 7) is 0.473. The molecule has 120 valence electrons. The summed E-state index contributed by atoms with van der Waals surface area (Å²) in [5, 5.41) is 3.93. The topological polar surface area (TPSA) is 60.3 Å². The first-order valence-corrected chi connectivity index (χ1v) is 8.24. The molecular formula is C18H13BrN2O3. The second-order valence-electron chi connectivity index (χ2n) is 5.61. The number of fused-ring (bicyclic) bond motifs is 2. The van der Waals surface area contributed by atoms with Crippen LogP contribution in [0.1, 0.15) is 15.9 Å². The van der Waals surface area contributed by atoms with Gasteiger partial charge in [-0.15, -0.1) is 0 Å². The smallest absolute Gasteiger partial charge is 0.338 e. The van der Waals surface area contributed by atoms with Crippen LogP contribution in [-0.4, -0.2) is 16.4 Å². The third kappa shape index (κ3) is 2.59. The highest BCUT2D eigenvalue weighted by Crippen LogP contribution is 2.25. The molecule has 0 aliphatic carbocycles. The highest BCUT2D eigenvalue weighted by atomic mass is 79.9. The van der Waals surface area contributed by atoms with Gasteiger partial charge in [0, 0.05) is 32.8 Å². The van der Waals surface area contributed by atoms with Crippen LogP contribution in [0, 0.1) is 0 Å². The Bertz CT molecular complexity index is 978. The molecule has 0 spiro atoms. The zero-order chi connectivity index (χ0) is 16.7. The Morgan fingerprint density at radius 1 is 1.25 bits per heavy atom. The number of cyclic esters (lactones) is 1. The standard InChI is InChI=1S/C18H13BrN2O3/c19-15-2-1-3-16-14(15)6-7-21(16)9-17(22)20-12-4-5-13-11(8-12)10-24-18(13)23/h1-8H,9-10H2,(H,20,22). The Labute approximate surface area is 146 Å². The van der Waals surface area contributed by atoms with Crippen molar-refractivity contribution in [2.24, 2.45) is 0 Å². The summed E-state index contributed by atoms with van der Waals surface area (Å²) >= 11 is 3.51. The number of nitrogens with one attached hydrogen (secondary N) is 1. The van der Waals surface area contributed by atoms with Crippen LogP contribution >= 0.6 is 15.9 Å². The Balaban J connectivity index is 1.52. The molecule has 2 heterocycles. The summed E-state index contributed by atoms with van der Waals surface area (Å²) in [6, 6.07) is 13.0. The van der Waals surface area contributed by atoms with Crippen LogP contribution in [0.25, 0.3) is 10.9 Å². The molecule has 6 heteroatoms. The van der Waals surface area contributed by atoms with E-state index in [1.807, 2.05) is 35.0 Å². The van der Waals surface area contributed by atoms with E-state index in [1.54, 1.807) is 18.2 Å². The minimum Gasteiger partial charge on any atom is -0.457 e. The van der Waals surface area contributed by atoms with Gasteiger partial charge in [-0.05, 0) is 36.4 Å². The molecule has 0 bridgehead atoms. The molecular weight excluding hydrogens is 372 g/mol. The van der Waals surface area contributed by atoms with Crippen molar-refractivity contribution in [2.75, 3.05) is 5.32 Å². The molecule has 4 rings (SSSR count). The molecule has 0 fully saturated rings. The monoisotopic (exact) mass is 384 g/mol. The van der Waals surface area contributed by atoms with Crippen molar-refractivity contribution in [1.29, 1.82) is 0 Å². The Kier molecular flexibility index (Phi) is 3.61. The van der Waals surface area contributed by atoms with Crippen LogP contribution in [0.4, 0.5) is 5.69 Å². The summed E-state index contributed by atoms with van der Waals surface area (Å²) in [6.07, 6.45) is 1.89. The number of nitrogens with zero attached hydrogens (tertiary/aromatic N) is 1. The third-order valence-corrected chi connectivity index (χ3v) is 4.73. The molecule has 1 aliphatic rings. The first kappa shape index (κ1) is 15.0. The molecule has 0 unspecified atom stereocenters. The number of hydrogen-bond donors (Lipinski definition) is 1. The van der Waals surface area contributed by atoms with Crippen molar-refractivity contribution >= 4 is 44.4 Å². The van der Waals surface area contributed by atoms with Gasteiger partial charge in [-0.25, -0.2) is 4.79 Å². The number of esters is 1. The SMILES string of the molecule is O=C(Cn1ccc2c(Br)cccc21)Nc1ccc2c(c1)COC2=O. The maximum Gasteiger partial charge on any atom is 0.338 e. The molecule has 0 saturated carbocycles. The van der Waals surface area contributed by atoms with Crippen LogP contribution in [0.5, 0.6) is 0 Å². The van der Waals surface area contributed by atoms with Gasteiger partial charge in [-0.3, -0.25) is 4.79 Å². The largest absolute Gasteiger partial charge is 0.457 e. The normalized spacial score (nSPS) is 13.0. The number of benzene rings is 2. The number of amides is 1. The van der Waals surface area contributed by atoms with Gasteiger partial charge in [0.1, 0.15) is 13.2 Å². The minimum absolute atomic E-state index is 0.127. The van der Waals surface area contributed by atoms with Crippen LogP contribution < -0.4 is 5.32 Å². The zero-order valence-electron chi connectivity index (χ0n) is 12.6. The summed E-state index contributed by atoms with van der Waals surface area (Å²) < 4.78 is 7.87. The average Bonchev–Trinajstić information content (AvgIpc) is 3.13. The molecule has 0 saturated heterocycles. The fourth-order valence-electron chi connectivity index (χ4n) is 2.89. The lowest BCUT2D eigenvalue weighted by Gasteiger charge is -2.08. The van der Waals surface area contributed by atoms with E-state index in [0.717, 1.165) is 20.9 Å². The van der Waals surface area contributed by atoms with Gasteiger partial charge >= 0.3 is 5.97 Å². The zero-order valence-corrected chi connectivity index (χ0v) is 14.2. The van der Waals surface area contributed by atoms with E-state index >= 15 is 0 Å². The number of rotatable bonds is 3. The summed E-state index contributed by atoms with van der Waals surface area (Å²) in [4.78, 5) is 23.8. The number of aromatic nitrogens is 1. The number of carbonyl (C=O) groups is 2. The highest BCUT2D eigenvalue weighted by molar-refractivity contribution is 9.10. The van der Waals surface area contributed by atoms with E-state index in [1.165, 1.54) is 0 Å². The number of hydrogen-bond acceptors (Lipinski definition) is 3. The summed E-state index contributed by atoms with van der Waals surface area (Å²) in [7, 11) is 0. The Hall–Kier alpha value is -2.60. The van der Waals surface area contributed by atoms with Crippen LogP contribution in [-0.2, 0) is 22.7 Å². The molecule has 24 heavy (non-hydrogen) atoms. The fourth-order valence-corrected chi connectivity index (χ4v) is 3.38. The third-order valence-electron chi connectivity index (χ3n) is 4.04. The summed E-state index contributed by atoms with van der Waals surface area (Å²) in [5.41, 5.74) is 3.02. The Morgan fingerprint density at radius 2 is 2.12 bits per heavy atom. The minimum atomic E-state index is -0.313. The van der Waals surface area contributed by atoms with Crippen LogP contribution in [0.2, 0.25) is 0 Å². The predicted molar refractivity (Wildman–Crippen MR) is 93.8 cm³/mol. The van der Waals surface area contributed by atoms with E-state index in [0.29, 0.717) is 11.3 Å². The summed E-state index contributed by atoms with van der Waals surface area (Å²) in [5.74, 6) is -0.440. The molecule has 1 aromatic heterocycles. The van der Waals surface area contributed by atoms with E-state index in [-0.39, 0.29) is 25.0 Å². The molecule has 0 radical (unpaired) electrons. The number of ether oxygens (including phenoxy) is 1. The molecule has 1 amide bonds. The van der Waals surface area contributed by atoms with Crippen molar-refractivity contribution in [1.82, 2.24) is 4.57 Å². The molecule has 2 aromatic carbocycles. The maximum absolute atomic E-state index is 12.3. The van der Waals surface area contributed by atoms with Crippen molar-refractivity contribution in [3.05, 3.63) is 64.3 Å². The van der Waals surface area contributed by atoms with E-state index in [2.05, 4.69) is 21.2 Å². The first-order valence-electron chi connectivity index (χ1n) is 7.45. The van der Waals surface area contributed by atoms with E-state index in [9.17, 15) is 9.59 Å². The van der Waals surface area contributed by atoms with Gasteiger partial charge < -0.3 is 14.6 Å². The van der Waals surface area contributed by atoms with Gasteiger partial charge in [-0.1, -0.05) is 22.0 Å². The molecule has 0 atom stereocenters. The number of halogens is 1. The lowest BCUT2D eigenvalue weighted by Crippen LogP contribution is -2.18. The average molecular weight is 385 g/mol.